The van der Waals surface area contributed by atoms with Crippen LogP contribution in [0.4, 0.5) is 24.5 Å². The summed E-state index contributed by atoms with van der Waals surface area (Å²) in [6, 6.07) is 2.76. The molecule has 1 aromatic heterocycles. The maximum atomic E-state index is 12.4. The number of nitrogens with two attached hydrogens (primary N) is 1. The van der Waals surface area contributed by atoms with Crippen molar-refractivity contribution >= 4 is 28.6 Å². The molecule has 2 rings (SSSR count). The molecule has 1 aromatic carbocycles. The number of nitrogen functional groups attached to an aromatic ring is 1. The number of aromatic nitrogens is 1. The molecule has 0 radical (unpaired) electrons. The van der Waals surface area contributed by atoms with Gasteiger partial charge >= 0.3 is 6.18 Å². The van der Waals surface area contributed by atoms with E-state index in [9.17, 15) is 18.0 Å². The van der Waals surface area contributed by atoms with Crippen LogP contribution in [0.15, 0.2) is 29.9 Å². The van der Waals surface area contributed by atoms with Crippen LogP contribution >= 0.6 is 11.3 Å². The molecule has 100 valence electrons. The molecule has 0 fully saturated rings. The number of benzene rings is 1. The predicted molar refractivity (Wildman–Crippen MR) is 65.9 cm³/mol. The number of nitrogens with zero attached hydrogens (tertiary/aromatic N) is 1. The highest BCUT2D eigenvalue weighted by molar-refractivity contribution is 7.11. The third-order valence-corrected chi connectivity index (χ3v) is 3.06. The monoisotopic (exact) mass is 287 g/mol. The van der Waals surface area contributed by atoms with Crippen LogP contribution in [-0.2, 0) is 6.18 Å². The van der Waals surface area contributed by atoms with Crippen LogP contribution in [0.25, 0.3) is 0 Å². The highest BCUT2D eigenvalue weighted by atomic mass is 32.1. The quantitative estimate of drug-likeness (QED) is 0.834. The van der Waals surface area contributed by atoms with E-state index < -0.39 is 17.6 Å². The summed E-state index contributed by atoms with van der Waals surface area (Å²) >= 11 is 1.12. The molecule has 0 unspecified atom stereocenters. The van der Waals surface area contributed by atoms with Crippen LogP contribution < -0.4 is 11.1 Å². The van der Waals surface area contributed by atoms with E-state index in [0.29, 0.717) is 4.88 Å². The first-order chi connectivity index (χ1) is 8.88. The third kappa shape index (κ3) is 3.02. The SMILES string of the molecule is Nc1cc(C(F)(F)F)ccc1NC(=O)c1cncs1. The van der Waals surface area contributed by atoms with Crippen LogP contribution in [0.5, 0.6) is 0 Å². The van der Waals surface area contributed by atoms with Gasteiger partial charge in [0.25, 0.3) is 5.91 Å². The average molecular weight is 287 g/mol. The maximum absolute atomic E-state index is 12.4. The minimum absolute atomic E-state index is 0.131. The number of alkyl halides is 3. The Hall–Kier alpha value is -2.09. The van der Waals surface area contributed by atoms with Gasteiger partial charge < -0.3 is 11.1 Å². The van der Waals surface area contributed by atoms with Crippen LogP contribution in [0.3, 0.4) is 0 Å². The van der Waals surface area contributed by atoms with E-state index in [1.165, 1.54) is 11.7 Å². The third-order valence-electron chi connectivity index (χ3n) is 2.28. The van der Waals surface area contributed by atoms with Crippen LogP contribution in [0.2, 0.25) is 0 Å². The smallest absolute Gasteiger partial charge is 0.397 e. The molecular weight excluding hydrogens is 279 g/mol. The molecule has 0 bridgehead atoms. The lowest BCUT2D eigenvalue weighted by Crippen LogP contribution is -2.13. The fourth-order valence-corrected chi connectivity index (χ4v) is 1.88. The summed E-state index contributed by atoms with van der Waals surface area (Å²) in [4.78, 5) is 15.8. The molecular formula is C11H8F3N3OS. The maximum Gasteiger partial charge on any atom is 0.416 e. The molecule has 0 aliphatic heterocycles. The molecule has 1 heterocycles. The number of halogens is 3. The van der Waals surface area contributed by atoms with Gasteiger partial charge in [0.1, 0.15) is 4.88 Å². The number of anilines is 2. The van der Waals surface area contributed by atoms with Gasteiger partial charge in [-0.2, -0.15) is 13.2 Å². The highest BCUT2D eigenvalue weighted by Gasteiger charge is 2.30. The number of nitrogens with one attached hydrogen (secondary N) is 1. The summed E-state index contributed by atoms with van der Waals surface area (Å²) in [5.74, 6) is -0.464. The number of thiazole rings is 1. The van der Waals surface area contributed by atoms with Gasteiger partial charge in [-0.3, -0.25) is 9.78 Å². The number of amides is 1. The Bertz CT molecular complexity index is 596. The molecule has 0 saturated heterocycles. The van der Waals surface area contributed by atoms with E-state index in [1.54, 1.807) is 0 Å². The summed E-state index contributed by atoms with van der Waals surface area (Å²) in [5, 5.41) is 2.43. The number of carbonyl (C=O) groups excluding carboxylic acids is 1. The molecule has 0 saturated carbocycles. The molecule has 1 amide bonds. The largest absolute Gasteiger partial charge is 0.416 e. The van der Waals surface area contributed by atoms with Crippen molar-refractivity contribution in [3.05, 3.63) is 40.3 Å². The molecule has 2 aromatic rings. The van der Waals surface area contributed by atoms with Crippen molar-refractivity contribution in [1.29, 1.82) is 0 Å². The van der Waals surface area contributed by atoms with Gasteiger partial charge in [0.15, 0.2) is 0 Å². The zero-order chi connectivity index (χ0) is 14.0. The Morgan fingerprint density at radius 3 is 2.63 bits per heavy atom. The van der Waals surface area contributed by atoms with E-state index in [-0.39, 0.29) is 11.4 Å². The molecule has 0 aliphatic carbocycles. The Labute approximate surface area is 110 Å². The number of hydrogen-bond donors (Lipinski definition) is 2. The van der Waals surface area contributed by atoms with Crippen molar-refractivity contribution in [2.75, 3.05) is 11.1 Å². The Balaban J connectivity index is 2.21. The van der Waals surface area contributed by atoms with Crippen molar-refractivity contribution in [2.45, 2.75) is 6.18 Å². The fraction of sp³-hybridized carbons (Fsp3) is 0.0909. The minimum Gasteiger partial charge on any atom is -0.397 e. The predicted octanol–water partition coefficient (Wildman–Crippen LogP) is 3.00. The van der Waals surface area contributed by atoms with Gasteiger partial charge in [-0.25, -0.2) is 0 Å². The van der Waals surface area contributed by atoms with E-state index in [4.69, 9.17) is 5.73 Å². The lowest BCUT2D eigenvalue weighted by Gasteiger charge is -2.11. The summed E-state index contributed by atoms with van der Waals surface area (Å²) < 4.78 is 37.3. The van der Waals surface area contributed by atoms with Gasteiger partial charge in [0.2, 0.25) is 0 Å². The molecule has 0 atom stereocenters. The number of hydrogen-bond acceptors (Lipinski definition) is 4. The minimum atomic E-state index is -4.46. The summed E-state index contributed by atoms with van der Waals surface area (Å²) in [7, 11) is 0. The van der Waals surface area contributed by atoms with E-state index in [1.807, 2.05) is 0 Å². The fourth-order valence-electron chi connectivity index (χ4n) is 1.36. The Morgan fingerprint density at radius 2 is 2.11 bits per heavy atom. The Kier molecular flexibility index (Phi) is 3.43. The average Bonchev–Trinajstić information content (AvgIpc) is 2.84. The lowest BCUT2D eigenvalue weighted by atomic mass is 10.1. The van der Waals surface area contributed by atoms with Crippen molar-refractivity contribution in [3.8, 4) is 0 Å². The van der Waals surface area contributed by atoms with Crippen LogP contribution in [0, 0.1) is 0 Å². The van der Waals surface area contributed by atoms with Gasteiger partial charge in [-0.1, -0.05) is 0 Å². The van der Waals surface area contributed by atoms with E-state index in [0.717, 1.165) is 29.5 Å². The first-order valence-electron chi connectivity index (χ1n) is 5.04. The molecule has 3 N–H and O–H groups in total. The summed E-state index contributed by atoms with van der Waals surface area (Å²) in [5.41, 5.74) is 6.09. The number of carbonyl (C=O) groups is 1. The molecule has 0 aliphatic rings. The Morgan fingerprint density at radius 1 is 1.37 bits per heavy atom. The molecule has 8 heteroatoms. The second kappa shape index (κ2) is 4.88. The first kappa shape index (κ1) is 13.3. The van der Waals surface area contributed by atoms with Gasteiger partial charge in [0.05, 0.1) is 28.6 Å². The zero-order valence-corrected chi connectivity index (χ0v) is 10.2. The summed E-state index contributed by atoms with van der Waals surface area (Å²) in [6.45, 7) is 0. The van der Waals surface area contributed by atoms with Crippen molar-refractivity contribution in [2.24, 2.45) is 0 Å². The molecule has 4 nitrogen and oxygen atoms in total. The van der Waals surface area contributed by atoms with Gasteiger partial charge in [-0.05, 0) is 18.2 Å². The van der Waals surface area contributed by atoms with Crippen LogP contribution in [-0.4, -0.2) is 10.9 Å². The second-order valence-corrected chi connectivity index (χ2v) is 4.51. The second-order valence-electron chi connectivity index (χ2n) is 3.62. The van der Waals surface area contributed by atoms with Crippen molar-refractivity contribution in [3.63, 3.8) is 0 Å². The van der Waals surface area contributed by atoms with Gasteiger partial charge in [0, 0.05) is 0 Å². The normalized spacial score (nSPS) is 11.3. The van der Waals surface area contributed by atoms with Crippen molar-refractivity contribution in [1.82, 2.24) is 4.98 Å². The van der Waals surface area contributed by atoms with Crippen molar-refractivity contribution < 1.29 is 18.0 Å². The highest BCUT2D eigenvalue weighted by Crippen LogP contribution is 2.32. The standard InChI is InChI=1S/C11H8F3N3OS/c12-11(13,14)6-1-2-8(7(15)3-6)17-10(18)9-4-16-5-19-9/h1-5H,15H2,(H,17,18). The van der Waals surface area contributed by atoms with Crippen LogP contribution in [0.1, 0.15) is 15.2 Å². The lowest BCUT2D eigenvalue weighted by molar-refractivity contribution is -0.137. The van der Waals surface area contributed by atoms with Gasteiger partial charge in [-0.15, -0.1) is 11.3 Å². The van der Waals surface area contributed by atoms with E-state index in [2.05, 4.69) is 10.3 Å². The molecule has 19 heavy (non-hydrogen) atoms. The number of rotatable bonds is 2. The van der Waals surface area contributed by atoms with E-state index >= 15 is 0 Å². The molecule has 0 spiro atoms. The topological polar surface area (TPSA) is 68.0 Å². The summed E-state index contributed by atoms with van der Waals surface area (Å²) in [6.07, 6.45) is -3.10. The zero-order valence-electron chi connectivity index (χ0n) is 9.36. The first-order valence-corrected chi connectivity index (χ1v) is 5.92.